The van der Waals surface area contributed by atoms with E-state index in [1.165, 1.54) is 23.7 Å². The normalized spacial score (nSPS) is 12.2. The summed E-state index contributed by atoms with van der Waals surface area (Å²) in [6.45, 7) is 0.346. The molecular weight excluding hydrogens is 304 g/mol. The van der Waals surface area contributed by atoms with Gasteiger partial charge in [-0.25, -0.2) is 0 Å². The molecule has 3 aromatic rings. The van der Waals surface area contributed by atoms with Gasteiger partial charge < -0.3 is 19.4 Å². The molecule has 6 nitrogen and oxygen atoms in total. The number of aliphatic hydroxyl groups excluding tert-OH is 1. The van der Waals surface area contributed by atoms with Crippen LogP contribution in [0.5, 0.6) is 0 Å². The van der Waals surface area contributed by atoms with Crippen molar-refractivity contribution in [3.05, 3.63) is 52.5 Å². The first kappa shape index (κ1) is 14.6. The molecule has 0 radical (unpaired) electrons. The van der Waals surface area contributed by atoms with Crippen LogP contribution in [0.2, 0.25) is 0 Å². The average Bonchev–Trinajstić information content (AvgIpc) is 3.26. The molecule has 1 amide bonds. The second-order valence-electron chi connectivity index (χ2n) is 4.67. The minimum atomic E-state index is -0.581. The lowest BCUT2D eigenvalue weighted by Crippen LogP contribution is -2.25. The summed E-state index contributed by atoms with van der Waals surface area (Å²) < 4.78 is 10.2. The van der Waals surface area contributed by atoms with Crippen molar-refractivity contribution in [3.8, 4) is 11.5 Å². The van der Waals surface area contributed by atoms with Crippen molar-refractivity contribution in [1.82, 2.24) is 10.5 Å². The molecular formula is C15H14N2O4S. The zero-order valence-electron chi connectivity index (χ0n) is 11.6. The number of hydrogen-bond acceptors (Lipinski definition) is 6. The number of nitrogens with one attached hydrogen (secondary N) is 1. The van der Waals surface area contributed by atoms with Gasteiger partial charge in [0.1, 0.15) is 0 Å². The van der Waals surface area contributed by atoms with Crippen molar-refractivity contribution in [2.75, 3.05) is 6.54 Å². The molecule has 1 atom stereocenters. The lowest BCUT2D eigenvalue weighted by Gasteiger charge is -2.08. The fraction of sp³-hybridized carbons (Fsp3) is 0.200. The predicted octanol–water partition coefficient (Wildman–Crippen LogP) is 2.85. The van der Waals surface area contributed by atoms with E-state index in [4.69, 9.17) is 8.94 Å². The van der Waals surface area contributed by atoms with Gasteiger partial charge in [-0.1, -0.05) is 5.16 Å². The summed E-state index contributed by atoms with van der Waals surface area (Å²) in [7, 11) is 0. The quantitative estimate of drug-likeness (QED) is 0.729. The van der Waals surface area contributed by atoms with Gasteiger partial charge in [0, 0.05) is 12.6 Å². The maximum absolute atomic E-state index is 12.0. The maximum atomic E-state index is 12.0. The van der Waals surface area contributed by atoms with Crippen molar-refractivity contribution in [2.24, 2.45) is 0 Å². The van der Waals surface area contributed by atoms with Gasteiger partial charge in [0.15, 0.2) is 11.5 Å². The molecule has 0 aliphatic carbocycles. The zero-order chi connectivity index (χ0) is 15.4. The van der Waals surface area contributed by atoms with Crippen LogP contribution in [-0.4, -0.2) is 22.7 Å². The molecule has 3 rings (SSSR count). The Morgan fingerprint density at radius 2 is 2.32 bits per heavy atom. The third-order valence-corrected chi connectivity index (χ3v) is 3.84. The van der Waals surface area contributed by atoms with Crippen LogP contribution in [0, 0.1) is 0 Å². The lowest BCUT2D eigenvalue weighted by molar-refractivity contribution is 0.0934. The number of aliphatic hydroxyl groups is 1. The highest BCUT2D eigenvalue weighted by atomic mass is 32.1. The summed E-state index contributed by atoms with van der Waals surface area (Å²) in [4.78, 5) is 12.0. The summed E-state index contributed by atoms with van der Waals surface area (Å²) in [6.07, 6.45) is 1.37. The van der Waals surface area contributed by atoms with Crippen LogP contribution >= 0.6 is 11.3 Å². The van der Waals surface area contributed by atoms with Crippen LogP contribution in [0.4, 0.5) is 0 Å². The van der Waals surface area contributed by atoms with Crippen LogP contribution in [-0.2, 0) is 0 Å². The van der Waals surface area contributed by atoms with Gasteiger partial charge in [0.2, 0.25) is 5.76 Å². The Morgan fingerprint density at radius 3 is 3.05 bits per heavy atom. The highest BCUT2D eigenvalue weighted by molar-refractivity contribution is 7.07. The number of rotatable bonds is 6. The predicted molar refractivity (Wildman–Crippen MR) is 80.4 cm³/mol. The van der Waals surface area contributed by atoms with Gasteiger partial charge in [-0.05, 0) is 40.9 Å². The number of hydrogen-bond donors (Lipinski definition) is 2. The fourth-order valence-electron chi connectivity index (χ4n) is 1.96. The first-order valence-corrected chi connectivity index (χ1v) is 7.67. The van der Waals surface area contributed by atoms with Crippen molar-refractivity contribution >= 4 is 17.2 Å². The van der Waals surface area contributed by atoms with E-state index in [1.54, 1.807) is 12.1 Å². The van der Waals surface area contributed by atoms with E-state index in [9.17, 15) is 9.90 Å². The topological polar surface area (TPSA) is 88.5 Å². The maximum Gasteiger partial charge on any atom is 0.273 e. The number of aromatic nitrogens is 1. The SMILES string of the molecule is O=C(NCC[C@H](O)c1ccsc1)c1cc(-c2ccco2)on1. The third-order valence-electron chi connectivity index (χ3n) is 3.14. The van der Waals surface area contributed by atoms with E-state index in [-0.39, 0.29) is 11.6 Å². The Morgan fingerprint density at radius 1 is 1.41 bits per heavy atom. The smallest absolute Gasteiger partial charge is 0.273 e. The zero-order valence-corrected chi connectivity index (χ0v) is 12.4. The molecule has 0 aromatic carbocycles. The van der Waals surface area contributed by atoms with Gasteiger partial charge in [-0.2, -0.15) is 11.3 Å². The lowest BCUT2D eigenvalue weighted by atomic mass is 10.1. The molecule has 0 aliphatic heterocycles. The van der Waals surface area contributed by atoms with E-state index in [1.807, 2.05) is 16.8 Å². The Labute approximate surface area is 130 Å². The molecule has 0 aliphatic rings. The number of amides is 1. The molecule has 0 saturated carbocycles. The van der Waals surface area contributed by atoms with Crippen molar-refractivity contribution in [3.63, 3.8) is 0 Å². The van der Waals surface area contributed by atoms with E-state index in [0.29, 0.717) is 24.5 Å². The second kappa shape index (κ2) is 6.59. The van der Waals surface area contributed by atoms with Crippen LogP contribution in [0.1, 0.15) is 28.6 Å². The molecule has 0 spiro atoms. The van der Waals surface area contributed by atoms with E-state index >= 15 is 0 Å². The summed E-state index contributed by atoms with van der Waals surface area (Å²) in [5, 5.41) is 20.1. The van der Waals surface area contributed by atoms with Crippen molar-refractivity contribution in [2.45, 2.75) is 12.5 Å². The Kier molecular flexibility index (Phi) is 4.36. The first-order valence-electron chi connectivity index (χ1n) is 6.73. The Hall–Kier alpha value is -2.38. The van der Waals surface area contributed by atoms with Gasteiger partial charge in [-0.3, -0.25) is 4.79 Å². The molecule has 2 N–H and O–H groups in total. The first-order chi connectivity index (χ1) is 10.7. The van der Waals surface area contributed by atoms with E-state index in [2.05, 4.69) is 10.5 Å². The largest absolute Gasteiger partial charge is 0.461 e. The highest BCUT2D eigenvalue weighted by Crippen LogP contribution is 2.21. The number of carbonyl (C=O) groups excluding carboxylic acids is 1. The number of carbonyl (C=O) groups is 1. The highest BCUT2D eigenvalue weighted by Gasteiger charge is 2.15. The molecule has 0 fully saturated rings. The molecule has 3 heterocycles. The number of furan rings is 1. The average molecular weight is 318 g/mol. The third kappa shape index (κ3) is 3.26. The molecule has 3 aromatic heterocycles. The van der Waals surface area contributed by atoms with E-state index in [0.717, 1.165) is 5.56 Å². The molecule has 22 heavy (non-hydrogen) atoms. The van der Waals surface area contributed by atoms with Crippen LogP contribution < -0.4 is 5.32 Å². The summed E-state index contributed by atoms with van der Waals surface area (Å²) in [5.41, 5.74) is 1.04. The van der Waals surface area contributed by atoms with Crippen molar-refractivity contribution in [1.29, 1.82) is 0 Å². The van der Waals surface area contributed by atoms with E-state index < -0.39 is 6.10 Å². The Balaban J connectivity index is 1.52. The van der Waals surface area contributed by atoms with Gasteiger partial charge in [0.25, 0.3) is 5.91 Å². The second-order valence-corrected chi connectivity index (χ2v) is 5.45. The molecule has 7 heteroatoms. The monoisotopic (exact) mass is 318 g/mol. The van der Waals surface area contributed by atoms with Crippen LogP contribution in [0.15, 0.2) is 50.2 Å². The number of thiophene rings is 1. The fourth-order valence-corrected chi connectivity index (χ4v) is 2.67. The van der Waals surface area contributed by atoms with Gasteiger partial charge in [0.05, 0.1) is 12.4 Å². The van der Waals surface area contributed by atoms with Crippen LogP contribution in [0.3, 0.4) is 0 Å². The van der Waals surface area contributed by atoms with Gasteiger partial charge >= 0.3 is 0 Å². The minimum Gasteiger partial charge on any atom is -0.461 e. The standard InChI is InChI=1S/C15H14N2O4S/c18-12(10-4-7-22-9-10)3-5-16-15(19)11-8-14(21-17-11)13-2-1-6-20-13/h1-2,4,6-9,12,18H,3,5H2,(H,16,19)/t12-/m0/s1. The molecule has 0 unspecified atom stereocenters. The summed E-state index contributed by atoms with van der Waals surface area (Å²) in [6, 6.07) is 6.83. The summed E-state index contributed by atoms with van der Waals surface area (Å²) in [5.74, 6) is 0.562. The van der Waals surface area contributed by atoms with Gasteiger partial charge in [-0.15, -0.1) is 0 Å². The minimum absolute atomic E-state index is 0.177. The van der Waals surface area contributed by atoms with Crippen LogP contribution in [0.25, 0.3) is 11.5 Å². The van der Waals surface area contributed by atoms with Crippen molar-refractivity contribution < 1.29 is 18.8 Å². The number of nitrogens with zero attached hydrogens (tertiary/aromatic N) is 1. The molecule has 0 saturated heterocycles. The Bertz CT molecular complexity index is 719. The molecule has 114 valence electrons. The summed E-state index contributed by atoms with van der Waals surface area (Å²) >= 11 is 1.53. The molecule has 0 bridgehead atoms.